The van der Waals surface area contributed by atoms with Gasteiger partial charge in [0.1, 0.15) is 6.54 Å². The van der Waals surface area contributed by atoms with Crippen LogP contribution in [-0.2, 0) is 32.3 Å². The molecule has 0 aliphatic carbocycles. The standard InChI is InChI=1S/C28H27NO4S/c1-3-33-28(30)20-29-21(2)24(19-26(29)22-12-6-4-7-13-22)18-23-14-10-11-17-27(23)34(31,32)25-15-8-5-9-16-25/h4-17,19H,3,18,20H2,1-2H3. The Balaban J connectivity index is 1.78. The van der Waals surface area contributed by atoms with Gasteiger partial charge in [0.15, 0.2) is 0 Å². The molecule has 0 radical (unpaired) electrons. The summed E-state index contributed by atoms with van der Waals surface area (Å²) >= 11 is 0. The number of hydrogen-bond donors (Lipinski definition) is 0. The van der Waals surface area contributed by atoms with Crippen molar-refractivity contribution in [3.63, 3.8) is 0 Å². The van der Waals surface area contributed by atoms with E-state index in [1.807, 2.05) is 60.0 Å². The SMILES string of the molecule is CCOC(=O)Cn1c(-c2ccccc2)cc(Cc2ccccc2S(=O)(=O)c2ccccc2)c1C. The molecule has 0 fully saturated rings. The van der Waals surface area contributed by atoms with Gasteiger partial charge in [-0.1, -0.05) is 66.7 Å². The number of benzene rings is 3. The highest BCUT2D eigenvalue weighted by atomic mass is 32.2. The van der Waals surface area contributed by atoms with Gasteiger partial charge in [-0.15, -0.1) is 0 Å². The highest BCUT2D eigenvalue weighted by Gasteiger charge is 2.23. The van der Waals surface area contributed by atoms with Crippen LogP contribution >= 0.6 is 0 Å². The molecule has 0 bridgehead atoms. The number of hydrogen-bond acceptors (Lipinski definition) is 4. The molecule has 0 spiro atoms. The van der Waals surface area contributed by atoms with Crippen LogP contribution in [0.4, 0.5) is 0 Å². The summed E-state index contributed by atoms with van der Waals surface area (Å²) in [6, 6.07) is 27.4. The van der Waals surface area contributed by atoms with E-state index >= 15 is 0 Å². The number of sulfone groups is 1. The second-order valence-electron chi connectivity index (χ2n) is 8.00. The van der Waals surface area contributed by atoms with E-state index in [-0.39, 0.29) is 17.4 Å². The zero-order valence-corrected chi connectivity index (χ0v) is 20.1. The Hall–Kier alpha value is -3.64. The molecule has 1 heterocycles. The van der Waals surface area contributed by atoms with E-state index in [9.17, 15) is 13.2 Å². The van der Waals surface area contributed by atoms with Crippen LogP contribution in [0.25, 0.3) is 11.3 Å². The van der Waals surface area contributed by atoms with E-state index in [2.05, 4.69) is 0 Å². The number of carbonyl (C=O) groups is 1. The Kier molecular flexibility index (Phi) is 6.98. The third-order valence-corrected chi connectivity index (χ3v) is 7.70. The minimum atomic E-state index is -3.67. The second-order valence-corrected chi connectivity index (χ2v) is 9.92. The molecule has 34 heavy (non-hydrogen) atoms. The molecule has 4 aromatic rings. The number of esters is 1. The third kappa shape index (κ3) is 4.82. The average molecular weight is 474 g/mol. The van der Waals surface area contributed by atoms with Gasteiger partial charge in [-0.2, -0.15) is 0 Å². The van der Waals surface area contributed by atoms with Crippen LogP contribution < -0.4 is 0 Å². The van der Waals surface area contributed by atoms with Crippen LogP contribution in [-0.4, -0.2) is 25.6 Å². The molecule has 6 heteroatoms. The van der Waals surface area contributed by atoms with Gasteiger partial charge in [-0.05, 0) is 54.8 Å². The van der Waals surface area contributed by atoms with Crippen molar-refractivity contribution in [2.24, 2.45) is 0 Å². The first-order chi connectivity index (χ1) is 16.4. The number of rotatable bonds is 8. The molecule has 5 nitrogen and oxygen atoms in total. The maximum Gasteiger partial charge on any atom is 0.325 e. The van der Waals surface area contributed by atoms with Crippen molar-refractivity contribution in [2.45, 2.75) is 36.6 Å². The van der Waals surface area contributed by atoms with Crippen molar-refractivity contribution in [1.82, 2.24) is 4.57 Å². The zero-order valence-electron chi connectivity index (χ0n) is 19.3. The van der Waals surface area contributed by atoms with Crippen molar-refractivity contribution < 1.29 is 17.9 Å². The summed E-state index contributed by atoms with van der Waals surface area (Å²) in [6.07, 6.45) is 0.420. The topological polar surface area (TPSA) is 65.4 Å². The van der Waals surface area contributed by atoms with Crippen LogP contribution in [0, 0.1) is 6.92 Å². The van der Waals surface area contributed by atoms with E-state index in [1.165, 1.54) is 0 Å². The average Bonchev–Trinajstić information content (AvgIpc) is 3.15. The molecular weight excluding hydrogens is 446 g/mol. The van der Waals surface area contributed by atoms with E-state index in [4.69, 9.17) is 4.74 Å². The molecule has 0 aliphatic heterocycles. The predicted molar refractivity (Wildman–Crippen MR) is 132 cm³/mol. The summed E-state index contributed by atoms with van der Waals surface area (Å²) in [7, 11) is -3.67. The molecule has 1 aromatic heterocycles. The van der Waals surface area contributed by atoms with Gasteiger partial charge >= 0.3 is 5.97 Å². The number of carbonyl (C=O) groups excluding carboxylic acids is 1. The highest BCUT2D eigenvalue weighted by molar-refractivity contribution is 7.91. The fraction of sp³-hybridized carbons (Fsp3) is 0.179. The van der Waals surface area contributed by atoms with Gasteiger partial charge in [0.25, 0.3) is 0 Å². The molecule has 0 atom stereocenters. The van der Waals surface area contributed by atoms with Gasteiger partial charge in [0.05, 0.1) is 16.4 Å². The number of aromatic nitrogens is 1. The fourth-order valence-corrected chi connectivity index (χ4v) is 5.62. The van der Waals surface area contributed by atoms with E-state index < -0.39 is 9.84 Å². The van der Waals surface area contributed by atoms with Crippen molar-refractivity contribution in [3.05, 3.63) is 108 Å². The van der Waals surface area contributed by atoms with Crippen LogP contribution in [0.5, 0.6) is 0 Å². The molecule has 0 saturated heterocycles. The molecule has 0 aliphatic rings. The molecule has 0 saturated carbocycles. The molecule has 0 N–H and O–H groups in total. The molecule has 3 aromatic carbocycles. The molecule has 0 unspecified atom stereocenters. The maximum atomic E-state index is 13.4. The lowest BCUT2D eigenvalue weighted by molar-refractivity contribution is -0.143. The molecule has 174 valence electrons. The Morgan fingerprint density at radius 1 is 0.853 bits per heavy atom. The summed E-state index contributed by atoms with van der Waals surface area (Å²) in [4.78, 5) is 12.9. The summed E-state index contributed by atoms with van der Waals surface area (Å²) < 4.78 is 33.9. The first-order valence-corrected chi connectivity index (χ1v) is 12.7. The minimum absolute atomic E-state index is 0.0911. The first kappa shape index (κ1) is 23.5. The van der Waals surface area contributed by atoms with Crippen LogP contribution in [0.1, 0.15) is 23.7 Å². The van der Waals surface area contributed by atoms with E-state index in [0.29, 0.717) is 23.5 Å². The van der Waals surface area contributed by atoms with Crippen molar-refractivity contribution in [3.8, 4) is 11.3 Å². The monoisotopic (exact) mass is 473 g/mol. The summed E-state index contributed by atoms with van der Waals surface area (Å²) in [6.45, 7) is 4.15. The smallest absolute Gasteiger partial charge is 0.325 e. The second kappa shape index (κ2) is 10.1. The van der Waals surface area contributed by atoms with Gasteiger partial charge < -0.3 is 9.30 Å². The predicted octanol–water partition coefficient (Wildman–Crippen LogP) is 5.45. The zero-order chi connectivity index (χ0) is 24.1. The van der Waals surface area contributed by atoms with Crippen molar-refractivity contribution >= 4 is 15.8 Å². The fourth-order valence-electron chi connectivity index (χ4n) is 4.11. The quantitative estimate of drug-likeness (QED) is 0.319. The minimum Gasteiger partial charge on any atom is -0.465 e. The van der Waals surface area contributed by atoms with Gasteiger partial charge in [0.2, 0.25) is 9.84 Å². The largest absolute Gasteiger partial charge is 0.465 e. The Morgan fingerprint density at radius 2 is 1.47 bits per heavy atom. The highest BCUT2D eigenvalue weighted by Crippen LogP contribution is 2.30. The van der Waals surface area contributed by atoms with Crippen molar-refractivity contribution in [2.75, 3.05) is 6.61 Å². The molecule has 0 amide bonds. The Morgan fingerprint density at radius 3 is 2.15 bits per heavy atom. The lowest BCUT2D eigenvalue weighted by Crippen LogP contribution is -2.15. The normalized spacial score (nSPS) is 11.4. The van der Waals surface area contributed by atoms with E-state index in [0.717, 1.165) is 22.5 Å². The lowest BCUT2D eigenvalue weighted by Gasteiger charge is -2.12. The number of nitrogens with zero attached hydrogens (tertiary/aromatic N) is 1. The van der Waals surface area contributed by atoms with Crippen molar-refractivity contribution in [1.29, 1.82) is 0 Å². The van der Waals surface area contributed by atoms with Crippen LogP contribution in [0.15, 0.2) is 101 Å². The number of ether oxygens (including phenoxy) is 1. The van der Waals surface area contributed by atoms with Gasteiger partial charge in [-0.3, -0.25) is 4.79 Å². The third-order valence-electron chi connectivity index (χ3n) is 5.83. The lowest BCUT2D eigenvalue weighted by atomic mass is 10.0. The van der Waals surface area contributed by atoms with Crippen LogP contribution in [0.3, 0.4) is 0 Å². The summed E-state index contributed by atoms with van der Waals surface area (Å²) in [5.41, 5.74) is 4.44. The van der Waals surface area contributed by atoms with E-state index in [1.54, 1.807) is 49.4 Å². The summed E-state index contributed by atoms with van der Waals surface area (Å²) in [5.74, 6) is -0.308. The van der Waals surface area contributed by atoms with Gasteiger partial charge in [-0.25, -0.2) is 8.42 Å². The molecule has 4 rings (SSSR count). The Labute approximate surface area is 200 Å². The summed E-state index contributed by atoms with van der Waals surface area (Å²) in [5, 5.41) is 0. The Bertz CT molecular complexity index is 1390. The molecular formula is C28H27NO4S. The van der Waals surface area contributed by atoms with Gasteiger partial charge in [0, 0.05) is 17.8 Å². The maximum absolute atomic E-state index is 13.4. The first-order valence-electron chi connectivity index (χ1n) is 11.2. The van der Waals surface area contributed by atoms with Crippen LogP contribution in [0.2, 0.25) is 0 Å².